The number of hydrogen-bond acceptors (Lipinski definition) is 4. The number of carbonyl (C=O) groups excluding carboxylic acids is 1. The molecule has 0 saturated heterocycles. The Kier molecular flexibility index (Phi) is 3.40. The van der Waals surface area contributed by atoms with Crippen molar-refractivity contribution >= 4 is 22.8 Å². The summed E-state index contributed by atoms with van der Waals surface area (Å²) in [6, 6.07) is 11.7. The first-order valence-electron chi connectivity index (χ1n) is 5.27. The maximum Gasteiger partial charge on any atom is 0.404 e. The molecule has 0 fully saturated rings. The van der Waals surface area contributed by atoms with Gasteiger partial charge in [-0.3, -0.25) is 0 Å². The number of benzene rings is 1. The van der Waals surface area contributed by atoms with Gasteiger partial charge in [-0.15, -0.1) is 0 Å². The van der Waals surface area contributed by atoms with Gasteiger partial charge in [-0.05, 0) is 18.2 Å². The van der Waals surface area contributed by atoms with Crippen molar-refractivity contribution in [3.8, 4) is 0 Å². The average Bonchev–Trinajstić information content (AvgIpc) is 2.34. The molecule has 5 heteroatoms. The van der Waals surface area contributed by atoms with Crippen molar-refractivity contribution < 1.29 is 9.53 Å². The van der Waals surface area contributed by atoms with Crippen molar-refractivity contribution in [1.29, 1.82) is 0 Å². The Hall–Kier alpha value is -2.30. The van der Waals surface area contributed by atoms with E-state index in [2.05, 4.69) is 15.0 Å². The first-order valence-corrected chi connectivity index (χ1v) is 5.27. The highest BCUT2D eigenvalue weighted by Crippen LogP contribution is 2.13. The molecule has 3 N–H and O–H groups in total. The molecule has 0 saturated carbocycles. The van der Waals surface area contributed by atoms with E-state index in [-0.39, 0.29) is 6.61 Å². The van der Waals surface area contributed by atoms with Gasteiger partial charge in [0, 0.05) is 5.39 Å². The van der Waals surface area contributed by atoms with Crippen molar-refractivity contribution in [3.05, 3.63) is 36.4 Å². The average molecular weight is 231 g/mol. The third-order valence-corrected chi connectivity index (χ3v) is 2.25. The molecule has 0 aliphatic rings. The molecule has 0 spiro atoms. The molecule has 0 radical (unpaired) electrons. The Bertz CT molecular complexity index is 528. The Morgan fingerprint density at radius 3 is 2.94 bits per heavy atom. The zero-order valence-corrected chi connectivity index (χ0v) is 9.22. The van der Waals surface area contributed by atoms with E-state index in [1.807, 2.05) is 36.4 Å². The van der Waals surface area contributed by atoms with E-state index in [0.29, 0.717) is 6.54 Å². The first kappa shape index (κ1) is 11.2. The standard InChI is InChI=1S/C12H13N3O2/c13-12(16)17-8-7-14-11-6-5-9-3-1-2-4-10(9)15-11/h1-6H,7-8H2,(H2,13,16)(H,14,15). The van der Waals surface area contributed by atoms with Gasteiger partial charge in [-0.25, -0.2) is 9.78 Å². The number of nitrogens with two attached hydrogens (primary N) is 1. The summed E-state index contributed by atoms with van der Waals surface area (Å²) in [5.41, 5.74) is 5.77. The largest absolute Gasteiger partial charge is 0.448 e. The monoisotopic (exact) mass is 231 g/mol. The first-order chi connectivity index (χ1) is 8.25. The molecule has 0 bridgehead atoms. The fourth-order valence-electron chi connectivity index (χ4n) is 1.50. The summed E-state index contributed by atoms with van der Waals surface area (Å²) in [6.45, 7) is 0.706. The maximum absolute atomic E-state index is 10.3. The van der Waals surface area contributed by atoms with E-state index in [1.54, 1.807) is 0 Å². The topological polar surface area (TPSA) is 77.2 Å². The van der Waals surface area contributed by atoms with Crippen LogP contribution >= 0.6 is 0 Å². The minimum atomic E-state index is -0.765. The quantitative estimate of drug-likeness (QED) is 0.786. The molecule has 1 aromatic carbocycles. The Labute approximate surface area is 98.6 Å². The molecular formula is C12H13N3O2. The van der Waals surface area contributed by atoms with Crippen LogP contribution in [0.15, 0.2) is 36.4 Å². The van der Waals surface area contributed by atoms with Gasteiger partial charge >= 0.3 is 6.09 Å². The summed E-state index contributed by atoms with van der Waals surface area (Å²) in [6.07, 6.45) is -0.765. The summed E-state index contributed by atoms with van der Waals surface area (Å²) in [5, 5.41) is 4.14. The van der Waals surface area contributed by atoms with Gasteiger partial charge in [0.2, 0.25) is 0 Å². The SMILES string of the molecule is NC(=O)OCCNc1ccc2ccccc2n1. The number of aromatic nitrogens is 1. The van der Waals surface area contributed by atoms with Crippen molar-refractivity contribution in [2.24, 2.45) is 5.73 Å². The van der Waals surface area contributed by atoms with Crippen LogP contribution in [0.2, 0.25) is 0 Å². The number of primary amides is 1. The molecule has 17 heavy (non-hydrogen) atoms. The summed E-state index contributed by atoms with van der Waals surface area (Å²) >= 11 is 0. The lowest BCUT2D eigenvalue weighted by Gasteiger charge is -2.06. The van der Waals surface area contributed by atoms with Gasteiger partial charge in [0.15, 0.2) is 0 Å². The van der Waals surface area contributed by atoms with E-state index < -0.39 is 6.09 Å². The summed E-state index contributed by atoms with van der Waals surface area (Å²) in [4.78, 5) is 14.8. The molecule has 0 aliphatic carbocycles. The molecule has 88 valence electrons. The van der Waals surface area contributed by atoms with Crippen LogP contribution in [-0.2, 0) is 4.74 Å². The van der Waals surface area contributed by atoms with Gasteiger partial charge in [0.05, 0.1) is 12.1 Å². The number of para-hydroxylation sites is 1. The van der Waals surface area contributed by atoms with Crippen LogP contribution in [0.5, 0.6) is 0 Å². The molecule has 2 aromatic rings. The Morgan fingerprint density at radius 2 is 2.12 bits per heavy atom. The van der Waals surface area contributed by atoms with Gasteiger partial charge in [-0.2, -0.15) is 0 Å². The molecule has 0 aliphatic heterocycles. The molecule has 0 unspecified atom stereocenters. The van der Waals surface area contributed by atoms with Crippen molar-refractivity contribution in [3.63, 3.8) is 0 Å². The number of amides is 1. The van der Waals surface area contributed by atoms with Crippen LogP contribution in [0.1, 0.15) is 0 Å². The van der Waals surface area contributed by atoms with Crippen molar-refractivity contribution in [1.82, 2.24) is 4.98 Å². The third kappa shape index (κ3) is 3.07. The lowest BCUT2D eigenvalue weighted by molar-refractivity contribution is 0.161. The van der Waals surface area contributed by atoms with Crippen LogP contribution in [0.25, 0.3) is 10.9 Å². The number of carbonyl (C=O) groups is 1. The van der Waals surface area contributed by atoms with E-state index >= 15 is 0 Å². The summed E-state index contributed by atoms with van der Waals surface area (Å²) in [5.74, 6) is 0.747. The predicted molar refractivity (Wildman–Crippen MR) is 65.8 cm³/mol. The van der Waals surface area contributed by atoms with E-state index in [0.717, 1.165) is 16.7 Å². The van der Waals surface area contributed by atoms with E-state index in [4.69, 9.17) is 5.73 Å². The fourth-order valence-corrected chi connectivity index (χ4v) is 1.50. The van der Waals surface area contributed by atoms with Crippen molar-refractivity contribution in [2.45, 2.75) is 0 Å². The van der Waals surface area contributed by atoms with Crippen LogP contribution in [0.4, 0.5) is 10.6 Å². The lowest BCUT2D eigenvalue weighted by Crippen LogP contribution is -2.18. The van der Waals surface area contributed by atoms with Crippen LogP contribution in [0.3, 0.4) is 0 Å². The lowest BCUT2D eigenvalue weighted by atomic mass is 10.2. The van der Waals surface area contributed by atoms with E-state index in [9.17, 15) is 4.79 Å². The third-order valence-electron chi connectivity index (χ3n) is 2.25. The Balaban J connectivity index is 1.97. The predicted octanol–water partition coefficient (Wildman–Crippen LogP) is 1.74. The molecular weight excluding hydrogens is 218 g/mol. The fraction of sp³-hybridized carbons (Fsp3) is 0.167. The van der Waals surface area contributed by atoms with E-state index in [1.165, 1.54) is 0 Å². The van der Waals surface area contributed by atoms with Crippen molar-refractivity contribution in [2.75, 3.05) is 18.5 Å². The number of nitrogens with one attached hydrogen (secondary N) is 1. The maximum atomic E-state index is 10.3. The number of fused-ring (bicyclic) bond motifs is 1. The number of pyridine rings is 1. The second kappa shape index (κ2) is 5.16. The second-order valence-corrected chi connectivity index (χ2v) is 3.48. The zero-order chi connectivity index (χ0) is 12.1. The Morgan fingerprint density at radius 1 is 1.29 bits per heavy atom. The second-order valence-electron chi connectivity index (χ2n) is 3.48. The minimum Gasteiger partial charge on any atom is -0.448 e. The number of ether oxygens (including phenoxy) is 1. The van der Waals surface area contributed by atoms with Crippen LogP contribution < -0.4 is 11.1 Å². The highest BCUT2D eigenvalue weighted by molar-refractivity contribution is 5.80. The number of nitrogens with zero attached hydrogens (tertiary/aromatic N) is 1. The summed E-state index contributed by atoms with van der Waals surface area (Å²) < 4.78 is 4.60. The highest BCUT2D eigenvalue weighted by atomic mass is 16.5. The number of anilines is 1. The number of rotatable bonds is 4. The molecule has 1 amide bonds. The highest BCUT2D eigenvalue weighted by Gasteiger charge is 1.97. The zero-order valence-electron chi connectivity index (χ0n) is 9.22. The van der Waals surface area contributed by atoms with Gasteiger partial charge < -0.3 is 15.8 Å². The number of hydrogen-bond donors (Lipinski definition) is 2. The smallest absolute Gasteiger partial charge is 0.404 e. The van der Waals surface area contributed by atoms with Crippen LogP contribution in [-0.4, -0.2) is 24.2 Å². The normalized spacial score (nSPS) is 10.1. The molecule has 0 atom stereocenters. The minimum absolute atomic E-state index is 0.226. The van der Waals surface area contributed by atoms with Gasteiger partial charge in [0.25, 0.3) is 0 Å². The van der Waals surface area contributed by atoms with Gasteiger partial charge in [-0.1, -0.05) is 18.2 Å². The van der Waals surface area contributed by atoms with Gasteiger partial charge in [0.1, 0.15) is 12.4 Å². The molecule has 1 heterocycles. The van der Waals surface area contributed by atoms with Crippen LogP contribution in [0, 0.1) is 0 Å². The summed E-state index contributed by atoms with van der Waals surface area (Å²) in [7, 11) is 0. The molecule has 1 aromatic heterocycles. The molecule has 2 rings (SSSR count). The molecule has 5 nitrogen and oxygen atoms in total.